The SMILES string of the molecule is N#CC(=N[SH]=P(O)(O)O)c1ccccc1. The molecule has 0 amide bonds. The maximum atomic E-state index is 8.76. The maximum absolute atomic E-state index is 8.76. The van der Waals surface area contributed by atoms with E-state index in [1.54, 1.807) is 30.3 Å². The van der Waals surface area contributed by atoms with Crippen molar-refractivity contribution in [2.45, 2.75) is 0 Å². The molecule has 0 unspecified atom stereocenters. The molecule has 0 saturated carbocycles. The third kappa shape index (κ3) is 4.38. The summed E-state index contributed by atoms with van der Waals surface area (Å²) in [5.74, 6) is 0. The van der Waals surface area contributed by atoms with E-state index in [0.717, 1.165) is 0 Å². The van der Waals surface area contributed by atoms with Gasteiger partial charge in [0.25, 0.3) is 6.72 Å². The van der Waals surface area contributed by atoms with Crippen LogP contribution in [0.15, 0.2) is 34.7 Å². The highest BCUT2D eigenvalue weighted by molar-refractivity contribution is 8.15. The Labute approximate surface area is 90.3 Å². The van der Waals surface area contributed by atoms with Gasteiger partial charge >= 0.3 is 0 Å². The molecule has 0 aliphatic rings. The average Bonchev–Trinajstić information content (AvgIpc) is 2.19. The summed E-state index contributed by atoms with van der Waals surface area (Å²) < 4.78 is 3.61. The highest BCUT2D eigenvalue weighted by Crippen LogP contribution is 2.31. The van der Waals surface area contributed by atoms with Crippen LogP contribution in [0, 0.1) is 11.3 Å². The lowest BCUT2D eigenvalue weighted by Gasteiger charge is -1.99. The molecule has 7 heteroatoms. The molecule has 3 N–H and O–H groups in total. The van der Waals surface area contributed by atoms with E-state index in [9.17, 15) is 0 Å². The molecular weight excluding hydrogens is 235 g/mol. The van der Waals surface area contributed by atoms with E-state index in [4.69, 9.17) is 19.9 Å². The van der Waals surface area contributed by atoms with Gasteiger partial charge in [0, 0.05) is 5.56 Å². The van der Waals surface area contributed by atoms with Crippen molar-refractivity contribution in [2.24, 2.45) is 4.40 Å². The molecule has 1 aromatic carbocycles. The first-order valence-electron chi connectivity index (χ1n) is 3.86. The highest BCUT2D eigenvalue weighted by atomic mass is 32.5. The van der Waals surface area contributed by atoms with Gasteiger partial charge in [-0.05, 0) is 11.1 Å². The number of benzene rings is 1. The van der Waals surface area contributed by atoms with E-state index in [2.05, 4.69) is 4.40 Å². The Morgan fingerprint density at radius 3 is 2.33 bits per heavy atom. The second-order valence-electron chi connectivity index (χ2n) is 2.55. The van der Waals surface area contributed by atoms with E-state index >= 15 is 0 Å². The van der Waals surface area contributed by atoms with Gasteiger partial charge in [0.1, 0.15) is 6.07 Å². The van der Waals surface area contributed by atoms with E-state index < -0.39 is 6.72 Å². The summed E-state index contributed by atoms with van der Waals surface area (Å²) in [6.45, 7) is -3.97. The second kappa shape index (κ2) is 5.21. The zero-order valence-electron chi connectivity index (χ0n) is 7.52. The van der Waals surface area contributed by atoms with Gasteiger partial charge in [-0.15, -0.1) is 0 Å². The number of hydrogen-bond acceptors (Lipinski definition) is 1. The van der Waals surface area contributed by atoms with Crippen LogP contribution < -0.4 is 0 Å². The number of hydrogen-bond donors (Lipinski definition) is 4. The van der Waals surface area contributed by atoms with Crippen molar-refractivity contribution in [2.75, 3.05) is 0 Å². The fourth-order valence-corrected chi connectivity index (χ4v) is 1.84. The van der Waals surface area contributed by atoms with Crippen LogP contribution in [-0.2, 0) is 11.1 Å². The fourth-order valence-electron chi connectivity index (χ4n) is 0.845. The van der Waals surface area contributed by atoms with E-state index in [0.29, 0.717) is 5.56 Å². The minimum absolute atomic E-state index is 0.0544. The Bertz CT molecular complexity index is 452. The summed E-state index contributed by atoms with van der Waals surface area (Å²) in [5, 5.41) is 8.76. The molecule has 80 valence electrons. The van der Waals surface area contributed by atoms with Crippen LogP contribution in [0.4, 0.5) is 0 Å². The molecule has 0 bridgehead atoms. The molecule has 0 aliphatic carbocycles. The third-order valence-electron chi connectivity index (χ3n) is 1.42. The highest BCUT2D eigenvalue weighted by Gasteiger charge is 2.03. The van der Waals surface area contributed by atoms with Crippen molar-refractivity contribution < 1.29 is 14.7 Å². The average molecular weight is 244 g/mol. The van der Waals surface area contributed by atoms with Crippen LogP contribution in [0.1, 0.15) is 5.56 Å². The Morgan fingerprint density at radius 2 is 1.87 bits per heavy atom. The summed E-state index contributed by atoms with van der Waals surface area (Å²) in [6, 6.07) is 10.4. The largest absolute Gasteiger partial charge is 0.328 e. The van der Waals surface area contributed by atoms with E-state index in [1.807, 2.05) is 6.07 Å². The summed E-state index contributed by atoms with van der Waals surface area (Å²) in [6.07, 6.45) is 0. The predicted molar refractivity (Wildman–Crippen MR) is 60.9 cm³/mol. The van der Waals surface area contributed by atoms with Gasteiger partial charge in [-0.25, -0.2) is 4.40 Å². The molecule has 0 heterocycles. The molecule has 5 nitrogen and oxygen atoms in total. The van der Waals surface area contributed by atoms with Gasteiger partial charge in [0.05, 0.1) is 0 Å². The monoisotopic (exact) mass is 244 g/mol. The second-order valence-corrected chi connectivity index (χ2v) is 6.15. The van der Waals surface area contributed by atoms with Crippen molar-refractivity contribution in [3.63, 3.8) is 0 Å². The molecule has 0 radical (unpaired) electrons. The smallest absolute Gasteiger partial charge is 0.294 e. The molecule has 0 atom stereocenters. The predicted octanol–water partition coefficient (Wildman–Crippen LogP) is 0.384. The van der Waals surface area contributed by atoms with Crippen LogP contribution in [0.5, 0.6) is 0 Å². The Kier molecular flexibility index (Phi) is 4.21. The van der Waals surface area contributed by atoms with E-state index in [-0.39, 0.29) is 16.8 Å². The minimum atomic E-state index is -3.97. The van der Waals surface area contributed by atoms with Gasteiger partial charge in [-0.1, -0.05) is 30.3 Å². The molecule has 0 fully saturated rings. The van der Waals surface area contributed by atoms with Crippen molar-refractivity contribution in [1.82, 2.24) is 0 Å². The van der Waals surface area contributed by atoms with Crippen molar-refractivity contribution in [3.8, 4) is 6.07 Å². The molecule has 1 rings (SSSR count). The van der Waals surface area contributed by atoms with Crippen molar-refractivity contribution in [3.05, 3.63) is 35.9 Å². The quantitative estimate of drug-likeness (QED) is 0.343. The van der Waals surface area contributed by atoms with Crippen molar-refractivity contribution >= 4 is 23.6 Å². The first-order valence-corrected chi connectivity index (χ1v) is 7.06. The van der Waals surface area contributed by atoms with Crippen LogP contribution in [0.3, 0.4) is 0 Å². The summed E-state index contributed by atoms with van der Waals surface area (Å²) in [7, 11) is 0. The standard InChI is InChI=1S/C8H9N2O3PS/c9-6-8(10-15-14(11,12)13)7-4-2-1-3-5-7/h1-5,11-13,15H. The Hall–Kier alpha value is -0.960. The van der Waals surface area contributed by atoms with Gasteiger partial charge in [0.2, 0.25) is 0 Å². The Morgan fingerprint density at radius 1 is 1.27 bits per heavy atom. The van der Waals surface area contributed by atoms with Crippen LogP contribution >= 0.6 is 6.72 Å². The van der Waals surface area contributed by atoms with Gasteiger partial charge in [-0.2, -0.15) is 5.26 Å². The lowest BCUT2D eigenvalue weighted by atomic mass is 10.1. The molecule has 15 heavy (non-hydrogen) atoms. The number of rotatable bonds is 2. The lowest BCUT2D eigenvalue weighted by molar-refractivity contribution is 0.363. The number of nitriles is 1. The van der Waals surface area contributed by atoms with Gasteiger partial charge in [-0.3, -0.25) is 0 Å². The molecule has 0 aromatic heterocycles. The van der Waals surface area contributed by atoms with Crippen LogP contribution in [0.25, 0.3) is 0 Å². The summed E-state index contributed by atoms with van der Waals surface area (Å²) >= 11 is -0.299. The summed E-state index contributed by atoms with van der Waals surface area (Å²) in [5.41, 5.74) is 0.625. The van der Waals surface area contributed by atoms with Gasteiger partial charge < -0.3 is 14.7 Å². The Balaban J connectivity index is 3.08. The number of nitrogens with zero attached hydrogens (tertiary/aromatic N) is 2. The normalized spacial score (nSPS) is 12.3. The lowest BCUT2D eigenvalue weighted by Crippen LogP contribution is -1.95. The number of thiol groups is 1. The molecule has 0 aliphatic heterocycles. The van der Waals surface area contributed by atoms with E-state index in [1.165, 1.54) is 0 Å². The van der Waals surface area contributed by atoms with Crippen LogP contribution in [-0.4, -0.2) is 20.4 Å². The van der Waals surface area contributed by atoms with Gasteiger partial charge in [0.15, 0.2) is 5.71 Å². The zero-order valence-corrected chi connectivity index (χ0v) is 9.31. The molecule has 0 spiro atoms. The first-order chi connectivity index (χ1) is 7.03. The fraction of sp³-hybridized carbons (Fsp3) is 0. The van der Waals surface area contributed by atoms with Crippen molar-refractivity contribution in [1.29, 1.82) is 5.26 Å². The molecule has 0 saturated heterocycles. The first kappa shape index (κ1) is 12.1. The topological polar surface area (TPSA) is 96.8 Å². The molecular formula is C8H9N2O3PS. The summed E-state index contributed by atoms with van der Waals surface area (Å²) in [4.78, 5) is 26.1. The molecule has 1 aromatic rings. The zero-order chi connectivity index (χ0) is 11.3. The van der Waals surface area contributed by atoms with Crippen LogP contribution in [0.2, 0.25) is 0 Å². The minimum Gasteiger partial charge on any atom is -0.328 e. The maximum Gasteiger partial charge on any atom is 0.294 e. The third-order valence-corrected chi connectivity index (χ3v) is 2.94.